The number of ether oxygens (including phenoxy) is 1. The average molecular weight is 478 g/mol. The number of halogens is 3. The Morgan fingerprint density at radius 1 is 1.15 bits per heavy atom. The van der Waals surface area contributed by atoms with Gasteiger partial charge in [0.25, 0.3) is 0 Å². The molecule has 3 aromatic rings. The first-order chi connectivity index (χ1) is 15.7. The van der Waals surface area contributed by atoms with Crippen molar-refractivity contribution in [2.45, 2.75) is 26.6 Å². The largest absolute Gasteiger partial charge is 0.482 e. The minimum Gasteiger partial charge on any atom is -0.482 e. The third-order valence-electron chi connectivity index (χ3n) is 4.55. The van der Waals surface area contributed by atoms with Crippen LogP contribution in [0.2, 0.25) is 0 Å². The number of hydrogen-bond donors (Lipinski definition) is 2. The third kappa shape index (κ3) is 6.56. The van der Waals surface area contributed by atoms with Crippen molar-refractivity contribution in [3.8, 4) is 16.3 Å². The first-order valence-electron chi connectivity index (χ1n) is 9.80. The standard InChI is InChI=1S/C23H21F3N2O4S/c1-3-19(15-6-10-18(11-7-15)31-13-21(29)30)28-32-12-20-14(2)27-22(33-20)16-4-8-17(9-5-16)23(24,25)26/h3-11,28H,12-13H2,1-2H3,(H,29,30). The number of alkyl halides is 3. The van der Waals surface area contributed by atoms with Gasteiger partial charge in [-0.3, -0.25) is 10.3 Å². The topological polar surface area (TPSA) is 80.7 Å². The SMILES string of the molecule is CC=C(NOCc1sc(-c2ccc(C(F)(F)F)cc2)nc1C)c1ccc(OCC(=O)O)cc1. The van der Waals surface area contributed by atoms with Crippen molar-refractivity contribution < 1.29 is 32.6 Å². The zero-order valence-electron chi connectivity index (χ0n) is 17.8. The highest BCUT2D eigenvalue weighted by Gasteiger charge is 2.30. The molecule has 1 aromatic heterocycles. The van der Waals surface area contributed by atoms with Gasteiger partial charge >= 0.3 is 12.1 Å². The fraction of sp³-hybridized carbons (Fsp3) is 0.217. The number of carboxylic acid groups (broad SMARTS) is 1. The van der Waals surface area contributed by atoms with Gasteiger partial charge in [-0.1, -0.05) is 18.2 Å². The van der Waals surface area contributed by atoms with Crippen molar-refractivity contribution in [1.29, 1.82) is 0 Å². The number of nitrogens with zero attached hydrogens (tertiary/aromatic N) is 1. The normalized spacial score (nSPS) is 12.0. The van der Waals surface area contributed by atoms with Crippen molar-refractivity contribution in [3.63, 3.8) is 0 Å². The Kier molecular flexibility index (Phi) is 7.72. The number of benzene rings is 2. The third-order valence-corrected chi connectivity index (χ3v) is 5.73. The van der Waals surface area contributed by atoms with Gasteiger partial charge in [0.1, 0.15) is 17.4 Å². The van der Waals surface area contributed by atoms with Crippen LogP contribution in [0.4, 0.5) is 13.2 Å². The quantitative estimate of drug-likeness (QED) is 0.385. The summed E-state index contributed by atoms with van der Waals surface area (Å²) in [5.74, 6) is -0.614. The van der Waals surface area contributed by atoms with Crippen LogP contribution in [-0.4, -0.2) is 22.7 Å². The molecule has 0 radical (unpaired) electrons. The van der Waals surface area contributed by atoms with Gasteiger partial charge in [0.2, 0.25) is 0 Å². The molecule has 1 heterocycles. The van der Waals surface area contributed by atoms with Crippen molar-refractivity contribution in [1.82, 2.24) is 10.5 Å². The molecule has 0 saturated heterocycles. The molecular weight excluding hydrogens is 457 g/mol. The number of rotatable bonds is 9. The maximum absolute atomic E-state index is 12.8. The molecule has 0 aliphatic carbocycles. The minimum atomic E-state index is -4.38. The molecule has 2 aromatic carbocycles. The van der Waals surface area contributed by atoms with Crippen LogP contribution in [-0.2, 0) is 22.4 Å². The summed E-state index contributed by atoms with van der Waals surface area (Å²) < 4.78 is 43.4. The van der Waals surface area contributed by atoms with Gasteiger partial charge in [0, 0.05) is 5.56 Å². The molecule has 0 spiro atoms. The van der Waals surface area contributed by atoms with E-state index in [4.69, 9.17) is 14.7 Å². The summed E-state index contributed by atoms with van der Waals surface area (Å²) >= 11 is 1.35. The van der Waals surface area contributed by atoms with E-state index in [-0.39, 0.29) is 6.61 Å². The van der Waals surface area contributed by atoms with E-state index in [1.54, 1.807) is 24.3 Å². The molecular formula is C23H21F3N2O4S. The van der Waals surface area contributed by atoms with E-state index < -0.39 is 24.3 Å². The summed E-state index contributed by atoms with van der Waals surface area (Å²) in [6, 6.07) is 11.8. The molecule has 10 heteroatoms. The molecule has 0 bridgehead atoms. The lowest BCUT2D eigenvalue weighted by Gasteiger charge is -2.11. The van der Waals surface area contributed by atoms with E-state index in [0.717, 1.165) is 28.3 Å². The highest BCUT2D eigenvalue weighted by Crippen LogP contribution is 2.33. The van der Waals surface area contributed by atoms with Gasteiger partial charge in [-0.15, -0.1) is 11.3 Å². The molecule has 0 aliphatic rings. The Morgan fingerprint density at radius 2 is 1.82 bits per heavy atom. The van der Waals surface area contributed by atoms with Crippen LogP contribution in [0.15, 0.2) is 54.6 Å². The van der Waals surface area contributed by atoms with E-state index in [1.165, 1.54) is 23.5 Å². The van der Waals surface area contributed by atoms with Gasteiger partial charge in [0.15, 0.2) is 6.61 Å². The minimum absolute atomic E-state index is 0.210. The lowest BCUT2D eigenvalue weighted by Crippen LogP contribution is -2.13. The summed E-state index contributed by atoms with van der Waals surface area (Å²) in [5, 5.41) is 9.28. The molecule has 0 aliphatic heterocycles. The highest BCUT2D eigenvalue weighted by atomic mass is 32.1. The average Bonchev–Trinajstić information content (AvgIpc) is 3.16. The van der Waals surface area contributed by atoms with E-state index in [0.29, 0.717) is 22.0 Å². The van der Waals surface area contributed by atoms with Crippen LogP contribution in [0.5, 0.6) is 5.75 Å². The smallest absolute Gasteiger partial charge is 0.416 e. The molecule has 33 heavy (non-hydrogen) atoms. The van der Waals surface area contributed by atoms with E-state index in [9.17, 15) is 18.0 Å². The second kappa shape index (κ2) is 10.5. The number of carbonyl (C=O) groups is 1. The number of thiazole rings is 1. The van der Waals surface area contributed by atoms with Crippen molar-refractivity contribution in [2.24, 2.45) is 0 Å². The second-order valence-corrected chi connectivity index (χ2v) is 7.99. The number of aliphatic carboxylic acids is 1. The Morgan fingerprint density at radius 3 is 2.39 bits per heavy atom. The monoisotopic (exact) mass is 478 g/mol. The molecule has 6 nitrogen and oxygen atoms in total. The maximum atomic E-state index is 12.8. The van der Waals surface area contributed by atoms with Crippen LogP contribution < -0.4 is 10.2 Å². The Bertz CT molecular complexity index is 1120. The first-order valence-corrected chi connectivity index (χ1v) is 10.6. The van der Waals surface area contributed by atoms with Crippen LogP contribution >= 0.6 is 11.3 Å². The predicted molar refractivity (Wildman–Crippen MR) is 118 cm³/mol. The number of aromatic nitrogens is 1. The Hall–Kier alpha value is -3.37. The molecule has 174 valence electrons. The molecule has 0 atom stereocenters. The number of carboxylic acids is 1. The molecule has 0 fully saturated rings. The summed E-state index contributed by atoms with van der Waals surface area (Å²) in [6.45, 7) is 3.44. The van der Waals surface area contributed by atoms with Gasteiger partial charge in [-0.25, -0.2) is 9.78 Å². The number of aryl methyl sites for hydroxylation is 1. The fourth-order valence-electron chi connectivity index (χ4n) is 2.83. The van der Waals surface area contributed by atoms with E-state index in [1.807, 2.05) is 19.9 Å². The molecule has 3 rings (SSSR count). The van der Waals surface area contributed by atoms with Gasteiger partial charge in [-0.05, 0) is 55.8 Å². The number of hydroxylamine groups is 1. The van der Waals surface area contributed by atoms with Crippen LogP contribution in [0.1, 0.15) is 28.6 Å². The van der Waals surface area contributed by atoms with Gasteiger partial charge in [-0.2, -0.15) is 13.2 Å². The highest BCUT2D eigenvalue weighted by molar-refractivity contribution is 7.15. The lowest BCUT2D eigenvalue weighted by molar-refractivity contribution is -0.139. The van der Waals surface area contributed by atoms with Crippen LogP contribution in [0.25, 0.3) is 16.3 Å². The van der Waals surface area contributed by atoms with Gasteiger partial charge in [0.05, 0.1) is 21.8 Å². The number of hydrogen-bond acceptors (Lipinski definition) is 6. The zero-order chi connectivity index (χ0) is 24.0. The Balaban J connectivity index is 1.60. The van der Waals surface area contributed by atoms with Gasteiger partial charge < -0.3 is 9.84 Å². The van der Waals surface area contributed by atoms with E-state index >= 15 is 0 Å². The maximum Gasteiger partial charge on any atom is 0.416 e. The van der Waals surface area contributed by atoms with Crippen molar-refractivity contribution in [2.75, 3.05) is 6.61 Å². The number of nitrogens with one attached hydrogen (secondary N) is 1. The summed E-state index contributed by atoms with van der Waals surface area (Å²) in [6.07, 6.45) is -2.56. The number of allylic oxidation sites excluding steroid dienone is 1. The van der Waals surface area contributed by atoms with Crippen LogP contribution in [0, 0.1) is 6.92 Å². The second-order valence-electron chi connectivity index (χ2n) is 6.90. The summed E-state index contributed by atoms with van der Waals surface area (Å²) in [5.41, 5.74) is 5.03. The predicted octanol–water partition coefficient (Wildman–Crippen LogP) is 5.68. The molecule has 0 unspecified atom stereocenters. The summed E-state index contributed by atoms with van der Waals surface area (Å²) in [4.78, 5) is 21.5. The van der Waals surface area contributed by atoms with E-state index in [2.05, 4.69) is 10.5 Å². The molecule has 0 saturated carbocycles. The van der Waals surface area contributed by atoms with Crippen molar-refractivity contribution in [3.05, 3.63) is 76.3 Å². The van der Waals surface area contributed by atoms with Crippen molar-refractivity contribution >= 4 is 23.0 Å². The molecule has 0 amide bonds. The van der Waals surface area contributed by atoms with Crippen LogP contribution in [0.3, 0.4) is 0 Å². The fourth-order valence-corrected chi connectivity index (χ4v) is 3.81. The zero-order valence-corrected chi connectivity index (χ0v) is 18.6. The molecule has 2 N–H and O–H groups in total. The Labute approximate surface area is 192 Å². The first kappa shape index (κ1) is 24.3. The summed E-state index contributed by atoms with van der Waals surface area (Å²) in [7, 11) is 0. The lowest BCUT2D eigenvalue weighted by atomic mass is 10.1.